The molecule has 1 atom stereocenters. The number of sulfonamides is 1. The summed E-state index contributed by atoms with van der Waals surface area (Å²) in [5.74, 6) is -1.85. The number of ether oxygens (including phenoxy) is 1. The second kappa shape index (κ2) is 8.41. The molecule has 0 bridgehead atoms. The van der Waals surface area contributed by atoms with Gasteiger partial charge in [-0.05, 0) is 25.1 Å². The standard InChI is InChI=1S/C14H18ClFN2O5S/c1-9(14(20)18(2)3)23-13(19)6-7-17-24(21,22)10-4-5-12(16)11(15)8-10/h4-5,8-9,17H,6-7H2,1-3H3/t9-/m1/s1. The van der Waals surface area contributed by atoms with Crippen LogP contribution in [0.15, 0.2) is 23.1 Å². The summed E-state index contributed by atoms with van der Waals surface area (Å²) in [6, 6.07) is 2.95. The van der Waals surface area contributed by atoms with E-state index in [1.54, 1.807) is 0 Å². The highest BCUT2D eigenvalue weighted by Crippen LogP contribution is 2.19. The number of halogens is 2. The Bertz CT molecular complexity index is 724. The summed E-state index contributed by atoms with van der Waals surface area (Å²) in [6.45, 7) is 1.18. The van der Waals surface area contributed by atoms with E-state index in [1.807, 2.05) is 0 Å². The van der Waals surface area contributed by atoms with Crippen molar-refractivity contribution < 1.29 is 27.1 Å². The number of amides is 1. The number of hydrogen-bond acceptors (Lipinski definition) is 5. The molecule has 0 saturated heterocycles. The van der Waals surface area contributed by atoms with Crippen LogP contribution < -0.4 is 4.72 Å². The highest BCUT2D eigenvalue weighted by atomic mass is 35.5. The third kappa shape index (κ3) is 5.73. The molecule has 1 amide bonds. The third-order valence-corrected chi connectivity index (χ3v) is 4.67. The molecule has 134 valence electrons. The van der Waals surface area contributed by atoms with E-state index in [9.17, 15) is 22.4 Å². The maximum Gasteiger partial charge on any atom is 0.307 e. The fraction of sp³-hybridized carbons (Fsp3) is 0.429. The van der Waals surface area contributed by atoms with Gasteiger partial charge in [-0.15, -0.1) is 0 Å². The van der Waals surface area contributed by atoms with Crippen LogP contribution in [-0.4, -0.2) is 51.9 Å². The fourth-order valence-corrected chi connectivity index (χ4v) is 2.99. The fourth-order valence-electron chi connectivity index (χ4n) is 1.68. The summed E-state index contributed by atoms with van der Waals surface area (Å²) in [6.07, 6.45) is -1.22. The van der Waals surface area contributed by atoms with E-state index >= 15 is 0 Å². The van der Waals surface area contributed by atoms with Gasteiger partial charge in [-0.25, -0.2) is 17.5 Å². The first-order valence-corrected chi connectivity index (χ1v) is 8.76. The quantitative estimate of drug-likeness (QED) is 0.717. The molecule has 10 heteroatoms. The molecule has 0 heterocycles. The highest BCUT2D eigenvalue weighted by molar-refractivity contribution is 7.89. The molecule has 0 aliphatic rings. The second-order valence-corrected chi connectivity index (χ2v) is 7.26. The Balaban J connectivity index is 2.55. The number of benzene rings is 1. The number of esters is 1. The van der Waals surface area contributed by atoms with Crippen molar-refractivity contribution in [2.24, 2.45) is 0 Å². The van der Waals surface area contributed by atoms with Gasteiger partial charge >= 0.3 is 5.97 Å². The minimum absolute atomic E-state index is 0.224. The van der Waals surface area contributed by atoms with E-state index < -0.39 is 27.9 Å². The van der Waals surface area contributed by atoms with E-state index in [0.717, 1.165) is 18.2 Å². The number of likely N-dealkylation sites (N-methyl/N-ethyl adjacent to an activating group) is 1. The number of carbonyl (C=O) groups is 2. The van der Waals surface area contributed by atoms with Gasteiger partial charge in [0.25, 0.3) is 5.91 Å². The molecule has 1 N–H and O–H groups in total. The summed E-state index contributed by atoms with van der Waals surface area (Å²) in [4.78, 5) is 24.2. The molecular weight excluding hydrogens is 363 g/mol. The predicted octanol–water partition coefficient (Wildman–Crippen LogP) is 1.17. The smallest absolute Gasteiger partial charge is 0.307 e. The molecule has 0 fully saturated rings. The van der Waals surface area contributed by atoms with Crippen LogP contribution in [0.4, 0.5) is 4.39 Å². The molecule has 0 spiro atoms. The van der Waals surface area contributed by atoms with Gasteiger partial charge in [-0.1, -0.05) is 11.6 Å². The molecule has 7 nitrogen and oxygen atoms in total. The van der Waals surface area contributed by atoms with Gasteiger partial charge in [0.05, 0.1) is 16.3 Å². The molecule has 1 aromatic rings. The average molecular weight is 381 g/mol. The van der Waals surface area contributed by atoms with Crippen LogP contribution in [0, 0.1) is 5.82 Å². The Kier molecular flexibility index (Phi) is 7.12. The van der Waals surface area contributed by atoms with E-state index in [2.05, 4.69) is 4.72 Å². The first kappa shape index (κ1) is 20.3. The van der Waals surface area contributed by atoms with Gasteiger partial charge in [0.2, 0.25) is 10.0 Å². The highest BCUT2D eigenvalue weighted by Gasteiger charge is 2.20. The summed E-state index contributed by atoms with van der Waals surface area (Å²) in [5, 5.41) is -0.326. The van der Waals surface area contributed by atoms with Crippen molar-refractivity contribution in [1.82, 2.24) is 9.62 Å². The van der Waals surface area contributed by atoms with Crippen LogP contribution in [-0.2, 0) is 24.3 Å². The second-order valence-electron chi connectivity index (χ2n) is 5.09. The number of carbonyl (C=O) groups excluding carboxylic acids is 2. The molecule has 0 aliphatic heterocycles. The minimum atomic E-state index is -3.94. The van der Waals surface area contributed by atoms with Crippen molar-refractivity contribution in [3.63, 3.8) is 0 Å². The number of nitrogens with one attached hydrogen (secondary N) is 1. The Labute approximate surface area is 144 Å². The lowest BCUT2D eigenvalue weighted by Crippen LogP contribution is -2.35. The zero-order valence-electron chi connectivity index (χ0n) is 13.4. The van der Waals surface area contributed by atoms with Gasteiger partial charge in [0, 0.05) is 20.6 Å². The van der Waals surface area contributed by atoms with Gasteiger partial charge in [-0.3, -0.25) is 9.59 Å². The molecule has 1 rings (SSSR count). The molecule has 0 aromatic heterocycles. The maximum absolute atomic E-state index is 13.0. The minimum Gasteiger partial charge on any atom is -0.452 e. The van der Waals surface area contributed by atoms with E-state index in [4.69, 9.17) is 16.3 Å². The Morgan fingerprint density at radius 3 is 2.54 bits per heavy atom. The first-order chi connectivity index (χ1) is 11.0. The topological polar surface area (TPSA) is 92.8 Å². The Morgan fingerprint density at radius 1 is 1.38 bits per heavy atom. The lowest BCUT2D eigenvalue weighted by atomic mass is 10.3. The summed E-state index contributed by atoms with van der Waals surface area (Å²) >= 11 is 5.54. The van der Waals surface area contributed by atoms with E-state index in [1.165, 1.54) is 25.9 Å². The zero-order chi connectivity index (χ0) is 18.5. The summed E-state index contributed by atoms with van der Waals surface area (Å²) < 4.78 is 44.1. The lowest BCUT2D eigenvalue weighted by molar-refractivity contribution is -0.157. The number of rotatable bonds is 7. The third-order valence-electron chi connectivity index (χ3n) is 2.92. The monoisotopic (exact) mass is 380 g/mol. The first-order valence-electron chi connectivity index (χ1n) is 6.90. The van der Waals surface area contributed by atoms with Crippen LogP contribution in [0.25, 0.3) is 0 Å². The van der Waals surface area contributed by atoms with Crippen molar-refractivity contribution in [1.29, 1.82) is 0 Å². The largest absolute Gasteiger partial charge is 0.452 e. The summed E-state index contributed by atoms with van der Waals surface area (Å²) in [5.41, 5.74) is 0. The van der Waals surface area contributed by atoms with Crippen molar-refractivity contribution in [3.05, 3.63) is 29.0 Å². The molecule has 1 aromatic carbocycles. The van der Waals surface area contributed by atoms with Crippen LogP contribution in [0.1, 0.15) is 13.3 Å². The SMILES string of the molecule is C[C@@H](OC(=O)CCNS(=O)(=O)c1ccc(F)c(Cl)c1)C(=O)N(C)C. The van der Waals surface area contributed by atoms with Crippen molar-refractivity contribution >= 4 is 33.5 Å². The molecule has 24 heavy (non-hydrogen) atoms. The van der Waals surface area contributed by atoms with Gasteiger partial charge in [0.1, 0.15) is 5.82 Å². The molecule has 0 saturated carbocycles. The van der Waals surface area contributed by atoms with Gasteiger partial charge in [0.15, 0.2) is 6.10 Å². The normalized spacial score (nSPS) is 12.5. The predicted molar refractivity (Wildman–Crippen MR) is 85.5 cm³/mol. The summed E-state index contributed by atoms with van der Waals surface area (Å²) in [7, 11) is -0.893. The Hall–Kier alpha value is -1.71. The van der Waals surface area contributed by atoms with E-state index in [0.29, 0.717) is 0 Å². The van der Waals surface area contributed by atoms with Crippen LogP contribution in [0.5, 0.6) is 0 Å². The zero-order valence-corrected chi connectivity index (χ0v) is 14.9. The molecule has 0 aliphatic carbocycles. The molecular formula is C14H18ClFN2O5S. The van der Waals surface area contributed by atoms with Crippen LogP contribution in [0.3, 0.4) is 0 Å². The Morgan fingerprint density at radius 2 is 2.00 bits per heavy atom. The maximum atomic E-state index is 13.0. The number of hydrogen-bond donors (Lipinski definition) is 1. The molecule has 0 unspecified atom stereocenters. The van der Waals surface area contributed by atoms with Crippen molar-refractivity contribution in [3.8, 4) is 0 Å². The molecule has 0 radical (unpaired) electrons. The lowest BCUT2D eigenvalue weighted by Gasteiger charge is -2.17. The van der Waals surface area contributed by atoms with Gasteiger partial charge < -0.3 is 9.64 Å². The van der Waals surface area contributed by atoms with E-state index in [-0.39, 0.29) is 28.8 Å². The van der Waals surface area contributed by atoms with Crippen molar-refractivity contribution in [2.75, 3.05) is 20.6 Å². The van der Waals surface area contributed by atoms with Gasteiger partial charge in [-0.2, -0.15) is 0 Å². The van der Waals surface area contributed by atoms with Crippen LogP contribution >= 0.6 is 11.6 Å². The van der Waals surface area contributed by atoms with Crippen molar-refractivity contribution in [2.45, 2.75) is 24.3 Å². The average Bonchev–Trinajstić information content (AvgIpc) is 2.48. The van der Waals surface area contributed by atoms with Crippen LogP contribution in [0.2, 0.25) is 5.02 Å². The number of nitrogens with zero attached hydrogens (tertiary/aromatic N) is 1.